The molecule has 1 aromatic rings. The van der Waals surface area contributed by atoms with Gasteiger partial charge in [-0.2, -0.15) is 0 Å². The second kappa shape index (κ2) is 5.58. The highest BCUT2D eigenvalue weighted by Gasteiger charge is 2.00. The monoisotopic (exact) mass is 208 g/mol. The van der Waals surface area contributed by atoms with Crippen LogP contribution in [-0.4, -0.2) is 24.3 Å². The zero-order valence-electron chi connectivity index (χ0n) is 8.30. The molecular weight excluding hydrogens is 196 g/mol. The van der Waals surface area contributed by atoms with Gasteiger partial charge in [0.05, 0.1) is 0 Å². The van der Waals surface area contributed by atoms with E-state index in [0.29, 0.717) is 18.6 Å². The third-order valence-corrected chi connectivity index (χ3v) is 1.67. The fraction of sp³-hybridized carbons (Fsp3) is 0.222. The molecule has 1 heterocycles. The normalized spacial score (nSPS) is 10.9. The zero-order chi connectivity index (χ0) is 11.1. The molecule has 80 valence electrons. The fourth-order valence-electron chi connectivity index (χ4n) is 0.985. The Morgan fingerprint density at radius 2 is 2.53 bits per heavy atom. The first-order valence-corrected chi connectivity index (χ1v) is 4.27. The van der Waals surface area contributed by atoms with E-state index in [-0.39, 0.29) is 5.84 Å². The third-order valence-electron chi connectivity index (χ3n) is 1.67. The summed E-state index contributed by atoms with van der Waals surface area (Å²) in [4.78, 5) is 18.6. The Balaban J connectivity index is 2.71. The van der Waals surface area contributed by atoms with Crippen LogP contribution < -0.4 is 11.1 Å². The highest BCUT2D eigenvalue weighted by Crippen LogP contribution is 1.99. The van der Waals surface area contributed by atoms with E-state index in [2.05, 4.69) is 20.3 Å². The summed E-state index contributed by atoms with van der Waals surface area (Å²) in [5.74, 6) is 0.215. The van der Waals surface area contributed by atoms with Crippen molar-refractivity contribution in [2.75, 3.05) is 7.11 Å². The van der Waals surface area contributed by atoms with Crippen LogP contribution in [0.5, 0.6) is 0 Å². The molecule has 0 spiro atoms. The largest absolute Gasteiger partial charge is 0.397 e. The van der Waals surface area contributed by atoms with Crippen LogP contribution in [0.1, 0.15) is 11.3 Å². The second-order valence-corrected chi connectivity index (χ2v) is 2.71. The van der Waals surface area contributed by atoms with E-state index >= 15 is 0 Å². The summed E-state index contributed by atoms with van der Waals surface area (Å²) < 4.78 is 0. The van der Waals surface area contributed by atoms with Crippen molar-refractivity contribution >= 4 is 12.2 Å². The number of hydrogen-bond acceptors (Lipinski definition) is 4. The van der Waals surface area contributed by atoms with Crippen molar-refractivity contribution < 1.29 is 9.63 Å². The average molecular weight is 208 g/mol. The molecule has 1 aromatic heterocycles. The molecule has 3 N–H and O–H groups in total. The Morgan fingerprint density at radius 1 is 1.73 bits per heavy atom. The van der Waals surface area contributed by atoms with Crippen molar-refractivity contribution in [3.63, 3.8) is 0 Å². The minimum atomic E-state index is 0.215. The molecule has 6 nitrogen and oxygen atoms in total. The summed E-state index contributed by atoms with van der Waals surface area (Å²) in [6.07, 6.45) is 2.25. The summed E-state index contributed by atoms with van der Waals surface area (Å²) in [6.45, 7) is 0.443. The number of nitrogens with zero attached hydrogens (tertiary/aromatic N) is 2. The van der Waals surface area contributed by atoms with Gasteiger partial charge in [-0.1, -0.05) is 11.2 Å². The van der Waals surface area contributed by atoms with E-state index in [0.717, 1.165) is 5.56 Å². The van der Waals surface area contributed by atoms with Crippen LogP contribution in [0.3, 0.4) is 0 Å². The average Bonchev–Trinajstić information content (AvgIpc) is 2.27. The minimum absolute atomic E-state index is 0.215. The van der Waals surface area contributed by atoms with Crippen LogP contribution >= 0.6 is 0 Å². The molecular formula is C9H12N4O2. The van der Waals surface area contributed by atoms with Crippen LogP contribution in [0.4, 0.5) is 0 Å². The Bertz CT molecular complexity index is 348. The molecule has 0 unspecified atom stereocenters. The standard InChI is InChI=1S/C9H12N4O2/c1-15-13-9(10)8-3-2-7(5-12-8)4-11-6-14/h2-3,5-6H,4H2,1H3,(H2,10,13)(H,11,14). The molecule has 15 heavy (non-hydrogen) atoms. The fourth-order valence-corrected chi connectivity index (χ4v) is 0.985. The van der Waals surface area contributed by atoms with E-state index in [1.54, 1.807) is 18.3 Å². The van der Waals surface area contributed by atoms with Gasteiger partial charge < -0.3 is 15.9 Å². The molecule has 1 rings (SSSR count). The molecule has 0 fully saturated rings. The third kappa shape index (κ3) is 3.26. The van der Waals surface area contributed by atoms with Gasteiger partial charge in [0, 0.05) is 12.7 Å². The van der Waals surface area contributed by atoms with Crippen LogP contribution in [0.2, 0.25) is 0 Å². The van der Waals surface area contributed by atoms with Crippen molar-refractivity contribution in [2.45, 2.75) is 6.54 Å². The first-order valence-electron chi connectivity index (χ1n) is 4.27. The Hall–Kier alpha value is -2.11. The summed E-state index contributed by atoms with van der Waals surface area (Å²) in [5, 5.41) is 6.08. The lowest BCUT2D eigenvalue weighted by molar-refractivity contribution is -0.109. The van der Waals surface area contributed by atoms with E-state index in [9.17, 15) is 4.79 Å². The number of carbonyl (C=O) groups is 1. The van der Waals surface area contributed by atoms with Crippen molar-refractivity contribution in [2.24, 2.45) is 10.9 Å². The molecule has 0 aliphatic heterocycles. The van der Waals surface area contributed by atoms with Gasteiger partial charge in [0.15, 0.2) is 5.84 Å². The maximum Gasteiger partial charge on any atom is 0.207 e. The van der Waals surface area contributed by atoms with Crippen LogP contribution in [0, 0.1) is 0 Å². The van der Waals surface area contributed by atoms with Gasteiger partial charge in [-0.3, -0.25) is 9.78 Å². The number of aromatic nitrogens is 1. The van der Waals surface area contributed by atoms with Gasteiger partial charge in [-0.05, 0) is 11.6 Å². The molecule has 1 amide bonds. The maximum atomic E-state index is 10.1. The van der Waals surface area contributed by atoms with Gasteiger partial charge in [-0.15, -0.1) is 0 Å². The molecule has 0 saturated heterocycles. The molecule has 0 bridgehead atoms. The first-order chi connectivity index (χ1) is 7.27. The lowest BCUT2D eigenvalue weighted by Gasteiger charge is -2.01. The van der Waals surface area contributed by atoms with Crippen molar-refractivity contribution in [3.8, 4) is 0 Å². The number of carbonyl (C=O) groups excluding carboxylic acids is 1. The molecule has 6 heteroatoms. The molecule has 0 saturated carbocycles. The summed E-state index contributed by atoms with van der Waals surface area (Å²) in [5.41, 5.74) is 6.97. The van der Waals surface area contributed by atoms with Gasteiger partial charge in [-0.25, -0.2) is 0 Å². The molecule has 0 atom stereocenters. The zero-order valence-corrected chi connectivity index (χ0v) is 8.30. The quantitative estimate of drug-likeness (QED) is 0.298. The lowest BCUT2D eigenvalue weighted by Crippen LogP contribution is -2.16. The summed E-state index contributed by atoms with van der Waals surface area (Å²) >= 11 is 0. The number of nitrogens with one attached hydrogen (secondary N) is 1. The number of pyridine rings is 1. The van der Waals surface area contributed by atoms with E-state index < -0.39 is 0 Å². The van der Waals surface area contributed by atoms with E-state index in [1.807, 2.05) is 0 Å². The maximum absolute atomic E-state index is 10.1. The SMILES string of the molecule is CO/N=C(\N)c1ccc(CNC=O)cn1. The number of rotatable bonds is 5. The van der Waals surface area contributed by atoms with Gasteiger partial charge in [0.25, 0.3) is 0 Å². The van der Waals surface area contributed by atoms with Crippen LogP contribution in [-0.2, 0) is 16.2 Å². The van der Waals surface area contributed by atoms with E-state index in [4.69, 9.17) is 5.73 Å². The minimum Gasteiger partial charge on any atom is -0.397 e. The predicted molar refractivity (Wildman–Crippen MR) is 54.9 cm³/mol. The first kappa shape index (κ1) is 11.0. The highest BCUT2D eigenvalue weighted by atomic mass is 16.6. The Labute approximate surface area is 87.1 Å². The number of amidine groups is 1. The second-order valence-electron chi connectivity index (χ2n) is 2.71. The number of oxime groups is 1. The van der Waals surface area contributed by atoms with Gasteiger partial charge in [0.1, 0.15) is 12.8 Å². The number of nitrogens with two attached hydrogens (primary N) is 1. The molecule has 0 radical (unpaired) electrons. The Morgan fingerprint density at radius 3 is 3.07 bits per heavy atom. The predicted octanol–water partition coefficient (Wildman–Crippen LogP) is -0.406. The Kier molecular flexibility index (Phi) is 4.08. The number of amides is 1. The lowest BCUT2D eigenvalue weighted by atomic mass is 10.2. The van der Waals surface area contributed by atoms with Crippen molar-refractivity contribution in [1.82, 2.24) is 10.3 Å². The highest BCUT2D eigenvalue weighted by molar-refractivity contribution is 5.95. The molecule has 0 aliphatic carbocycles. The van der Waals surface area contributed by atoms with Gasteiger partial charge in [0.2, 0.25) is 6.41 Å². The van der Waals surface area contributed by atoms with E-state index in [1.165, 1.54) is 7.11 Å². The topological polar surface area (TPSA) is 89.6 Å². The summed E-state index contributed by atoms with van der Waals surface area (Å²) in [6, 6.07) is 3.51. The summed E-state index contributed by atoms with van der Waals surface area (Å²) in [7, 11) is 1.41. The molecule has 0 aliphatic rings. The number of hydrogen-bond donors (Lipinski definition) is 2. The van der Waals surface area contributed by atoms with Crippen LogP contribution in [0.15, 0.2) is 23.5 Å². The molecule has 0 aromatic carbocycles. The van der Waals surface area contributed by atoms with Gasteiger partial charge >= 0.3 is 0 Å². The smallest absolute Gasteiger partial charge is 0.207 e. The van der Waals surface area contributed by atoms with Crippen molar-refractivity contribution in [1.29, 1.82) is 0 Å². The van der Waals surface area contributed by atoms with Crippen LogP contribution in [0.25, 0.3) is 0 Å². The van der Waals surface area contributed by atoms with Crippen molar-refractivity contribution in [3.05, 3.63) is 29.6 Å².